The van der Waals surface area contributed by atoms with E-state index in [2.05, 4.69) is 12.2 Å². The van der Waals surface area contributed by atoms with Gasteiger partial charge in [0.05, 0.1) is 5.60 Å². The number of carbonyl (C=O) groups is 2. The first-order valence-corrected chi connectivity index (χ1v) is 9.39. The highest BCUT2D eigenvalue weighted by Gasteiger charge is 2.49. The SMILES string of the molecule is C[C@@H]1CN(C(=O)Nc2ccc(Cl)cc2)CC[C@]12CC[C@H](C(=O)N(C)C)O2. The molecule has 2 aliphatic heterocycles. The zero-order valence-electron chi connectivity index (χ0n) is 15.5. The Morgan fingerprint density at radius 2 is 1.96 bits per heavy atom. The van der Waals surface area contributed by atoms with Crippen molar-refractivity contribution in [3.8, 4) is 0 Å². The second kappa shape index (κ2) is 7.45. The van der Waals surface area contributed by atoms with E-state index < -0.39 is 0 Å². The van der Waals surface area contributed by atoms with Gasteiger partial charge in [-0.15, -0.1) is 0 Å². The maximum atomic E-state index is 12.5. The first kappa shape index (κ1) is 19.0. The largest absolute Gasteiger partial charge is 0.362 e. The van der Waals surface area contributed by atoms with Gasteiger partial charge >= 0.3 is 6.03 Å². The maximum Gasteiger partial charge on any atom is 0.321 e. The van der Waals surface area contributed by atoms with Gasteiger partial charge in [0, 0.05) is 43.8 Å². The number of hydrogen-bond donors (Lipinski definition) is 1. The Kier molecular flexibility index (Phi) is 5.44. The number of piperidine rings is 1. The molecule has 2 saturated heterocycles. The molecule has 0 radical (unpaired) electrons. The third-order valence-electron chi connectivity index (χ3n) is 5.50. The molecule has 1 spiro atoms. The summed E-state index contributed by atoms with van der Waals surface area (Å²) in [4.78, 5) is 28.1. The van der Waals surface area contributed by atoms with Crippen LogP contribution in [-0.4, -0.2) is 60.6 Å². The number of anilines is 1. The minimum absolute atomic E-state index is 0.0250. The van der Waals surface area contributed by atoms with E-state index in [1.807, 2.05) is 4.90 Å². The number of ether oxygens (including phenoxy) is 1. The third kappa shape index (κ3) is 3.81. The lowest BCUT2D eigenvalue weighted by atomic mass is 9.80. The van der Waals surface area contributed by atoms with Gasteiger partial charge in [-0.3, -0.25) is 4.79 Å². The van der Waals surface area contributed by atoms with Crippen LogP contribution in [0.5, 0.6) is 0 Å². The highest BCUT2D eigenvalue weighted by Crippen LogP contribution is 2.42. The highest BCUT2D eigenvalue weighted by molar-refractivity contribution is 6.30. The molecule has 142 valence electrons. The summed E-state index contributed by atoms with van der Waals surface area (Å²) >= 11 is 5.87. The topological polar surface area (TPSA) is 61.9 Å². The van der Waals surface area contributed by atoms with Crippen molar-refractivity contribution in [2.24, 2.45) is 5.92 Å². The van der Waals surface area contributed by atoms with Crippen molar-refractivity contribution in [2.75, 3.05) is 32.5 Å². The number of nitrogens with one attached hydrogen (secondary N) is 1. The molecular formula is C19H26ClN3O3. The lowest BCUT2D eigenvalue weighted by Crippen LogP contribution is -2.53. The van der Waals surface area contributed by atoms with E-state index in [4.69, 9.17) is 16.3 Å². The van der Waals surface area contributed by atoms with Gasteiger partial charge in [0.2, 0.25) is 0 Å². The van der Waals surface area contributed by atoms with Crippen molar-refractivity contribution in [3.05, 3.63) is 29.3 Å². The van der Waals surface area contributed by atoms with Crippen molar-refractivity contribution < 1.29 is 14.3 Å². The number of hydrogen-bond acceptors (Lipinski definition) is 3. The Bertz CT molecular complexity index is 679. The standard InChI is InChI=1S/C19H26ClN3O3/c1-13-12-23(18(25)21-15-6-4-14(20)5-7-15)11-10-19(13)9-8-16(26-19)17(24)22(2)3/h4-7,13,16H,8-12H2,1-3H3,(H,21,25)/t13-,16-,19-/m1/s1. The lowest BCUT2D eigenvalue weighted by molar-refractivity contribution is -0.153. The van der Waals surface area contributed by atoms with Crippen LogP contribution in [0.3, 0.4) is 0 Å². The Morgan fingerprint density at radius 3 is 2.58 bits per heavy atom. The van der Waals surface area contributed by atoms with Crippen LogP contribution < -0.4 is 5.32 Å². The van der Waals surface area contributed by atoms with Gasteiger partial charge in [-0.25, -0.2) is 4.79 Å². The van der Waals surface area contributed by atoms with Crippen LogP contribution >= 0.6 is 11.6 Å². The molecule has 0 aliphatic carbocycles. The lowest BCUT2D eigenvalue weighted by Gasteiger charge is -2.44. The Morgan fingerprint density at radius 1 is 1.27 bits per heavy atom. The highest BCUT2D eigenvalue weighted by atomic mass is 35.5. The van der Waals surface area contributed by atoms with Crippen LogP contribution in [0, 0.1) is 5.92 Å². The summed E-state index contributed by atoms with van der Waals surface area (Å²) in [5.41, 5.74) is 0.425. The molecule has 6 nitrogen and oxygen atoms in total. The minimum Gasteiger partial charge on any atom is -0.362 e. The fourth-order valence-electron chi connectivity index (χ4n) is 3.86. The zero-order chi connectivity index (χ0) is 18.9. The minimum atomic E-state index is -0.359. The van der Waals surface area contributed by atoms with Crippen molar-refractivity contribution in [1.29, 1.82) is 0 Å². The molecule has 1 aromatic rings. The fraction of sp³-hybridized carbons (Fsp3) is 0.579. The molecule has 0 unspecified atom stereocenters. The number of urea groups is 1. The van der Waals surface area contributed by atoms with Gasteiger partial charge in [-0.2, -0.15) is 0 Å². The molecule has 7 heteroatoms. The summed E-state index contributed by atoms with van der Waals surface area (Å²) in [6, 6.07) is 6.95. The fourth-order valence-corrected chi connectivity index (χ4v) is 3.99. The van der Waals surface area contributed by atoms with Gasteiger partial charge in [0.15, 0.2) is 0 Å². The summed E-state index contributed by atoms with van der Waals surface area (Å²) < 4.78 is 6.22. The van der Waals surface area contributed by atoms with E-state index in [1.54, 1.807) is 43.3 Å². The number of likely N-dealkylation sites (tertiary alicyclic amines) is 1. The Balaban J connectivity index is 1.59. The van der Waals surface area contributed by atoms with Crippen molar-refractivity contribution in [3.63, 3.8) is 0 Å². The zero-order valence-corrected chi connectivity index (χ0v) is 16.3. The van der Waals surface area contributed by atoms with Crippen LogP contribution in [0.1, 0.15) is 26.2 Å². The molecular weight excluding hydrogens is 354 g/mol. The first-order valence-electron chi connectivity index (χ1n) is 9.01. The number of halogens is 1. The summed E-state index contributed by atoms with van der Waals surface area (Å²) in [7, 11) is 3.51. The van der Waals surface area contributed by atoms with E-state index in [9.17, 15) is 9.59 Å². The van der Waals surface area contributed by atoms with Gasteiger partial charge in [-0.05, 0) is 43.5 Å². The number of rotatable bonds is 2. The molecule has 1 N–H and O–H groups in total. The van der Waals surface area contributed by atoms with Gasteiger partial charge in [0.1, 0.15) is 6.10 Å². The Labute approximate surface area is 159 Å². The third-order valence-corrected chi connectivity index (χ3v) is 5.75. The van der Waals surface area contributed by atoms with E-state index >= 15 is 0 Å². The summed E-state index contributed by atoms with van der Waals surface area (Å²) in [5, 5.41) is 3.54. The average Bonchev–Trinajstić information content (AvgIpc) is 3.04. The number of carbonyl (C=O) groups excluding carboxylic acids is 2. The summed E-state index contributed by atoms with van der Waals surface area (Å²) in [6.07, 6.45) is 2.00. The number of nitrogens with zero attached hydrogens (tertiary/aromatic N) is 2. The van der Waals surface area contributed by atoms with Crippen LogP contribution in [0.4, 0.5) is 10.5 Å². The molecule has 3 amide bonds. The number of benzene rings is 1. The second-order valence-corrected chi connectivity index (χ2v) is 7.91. The number of likely N-dealkylation sites (N-methyl/N-ethyl adjacent to an activating group) is 1. The molecule has 3 atom stereocenters. The first-order chi connectivity index (χ1) is 12.3. The predicted octanol–water partition coefficient (Wildman–Crippen LogP) is 3.22. The molecule has 26 heavy (non-hydrogen) atoms. The van der Waals surface area contributed by atoms with Crippen LogP contribution in [0.25, 0.3) is 0 Å². The van der Waals surface area contributed by atoms with Gasteiger partial charge in [-0.1, -0.05) is 18.5 Å². The second-order valence-electron chi connectivity index (χ2n) is 7.48. The molecule has 0 aromatic heterocycles. The smallest absolute Gasteiger partial charge is 0.321 e. The Hall–Kier alpha value is -1.79. The number of amides is 3. The van der Waals surface area contributed by atoms with Crippen LogP contribution in [-0.2, 0) is 9.53 Å². The molecule has 1 aromatic carbocycles. The maximum absolute atomic E-state index is 12.5. The normalized spacial score (nSPS) is 28.2. The molecule has 2 aliphatic rings. The average molecular weight is 380 g/mol. The van der Waals surface area contributed by atoms with Crippen LogP contribution in [0.2, 0.25) is 5.02 Å². The van der Waals surface area contributed by atoms with Crippen molar-refractivity contribution in [2.45, 2.75) is 37.9 Å². The van der Waals surface area contributed by atoms with E-state index in [0.29, 0.717) is 18.1 Å². The van der Waals surface area contributed by atoms with E-state index in [1.165, 1.54) is 0 Å². The van der Waals surface area contributed by atoms with Crippen molar-refractivity contribution >= 4 is 29.2 Å². The van der Waals surface area contributed by atoms with Gasteiger partial charge < -0.3 is 19.9 Å². The molecule has 0 bridgehead atoms. The molecule has 2 heterocycles. The van der Waals surface area contributed by atoms with Gasteiger partial charge in [0.25, 0.3) is 5.91 Å². The predicted molar refractivity (Wildman–Crippen MR) is 101 cm³/mol. The van der Waals surface area contributed by atoms with Crippen molar-refractivity contribution in [1.82, 2.24) is 9.80 Å². The molecule has 0 saturated carbocycles. The monoisotopic (exact) mass is 379 g/mol. The molecule has 3 rings (SSSR count). The molecule has 2 fully saturated rings. The van der Waals surface area contributed by atoms with Crippen LogP contribution in [0.15, 0.2) is 24.3 Å². The van der Waals surface area contributed by atoms with E-state index in [0.717, 1.165) is 24.9 Å². The van der Waals surface area contributed by atoms with E-state index in [-0.39, 0.29) is 29.6 Å². The quantitative estimate of drug-likeness (QED) is 0.858. The summed E-state index contributed by atoms with van der Waals surface area (Å²) in [5.74, 6) is 0.198. The summed E-state index contributed by atoms with van der Waals surface area (Å²) in [6.45, 7) is 3.33.